The number of nitrogens with zero attached hydrogens (tertiary/aromatic N) is 3. The Morgan fingerprint density at radius 2 is 1.90 bits per heavy atom. The van der Waals surface area contributed by atoms with Crippen LogP contribution in [0, 0.1) is 13.8 Å². The number of nitrogens with two attached hydrogens (primary N) is 1. The van der Waals surface area contributed by atoms with Crippen LogP contribution in [-0.2, 0) is 11.3 Å². The highest BCUT2D eigenvalue weighted by Crippen LogP contribution is 2.18. The highest BCUT2D eigenvalue weighted by Gasteiger charge is 2.16. The second-order valence-corrected chi connectivity index (χ2v) is 4.80. The fourth-order valence-corrected chi connectivity index (χ4v) is 2.40. The monoisotopic (exact) mass is 270 g/mol. The molecule has 3 rings (SSSR count). The van der Waals surface area contributed by atoms with E-state index in [0.717, 1.165) is 11.0 Å². The van der Waals surface area contributed by atoms with Gasteiger partial charge in [0.2, 0.25) is 11.7 Å². The largest absolute Gasteiger partial charge is 0.368 e. The summed E-state index contributed by atoms with van der Waals surface area (Å²) in [6.07, 6.45) is 0. The van der Waals surface area contributed by atoms with Crippen molar-refractivity contribution < 1.29 is 4.79 Å². The van der Waals surface area contributed by atoms with Gasteiger partial charge in [0.15, 0.2) is 0 Å². The van der Waals surface area contributed by atoms with Crippen LogP contribution in [0.3, 0.4) is 0 Å². The molecule has 0 saturated carbocycles. The summed E-state index contributed by atoms with van der Waals surface area (Å²) in [6, 6.07) is 7.37. The third-order valence-corrected chi connectivity index (χ3v) is 3.50. The summed E-state index contributed by atoms with van der Waals surface area (Å²) in [7, 11) is 0. The Bertz CT molecular complexity index is 905. The van der Waals surface area contributed by atoms with E-state index >= 15 is 0 Å². The fraction of sp³-hybridized carbons (Fsp3) is 0.214. The Morgan fingerprint density at radius 1 is 1.25 bits per heavy atom. The standard InChI is InChI=1S/C14H14N4O2/c1-8-9(2)16-14-17(7-12(15)19)10-5-3-4-6-11(10)18(14)13(8)20/h3-6H,7H2,1-2H3,(H2,15,19). The Morgan fingerprint density at radius 3 is 2.55 bits per heavy atom. The van der Waals surface area contributed by atoms with Crippen LogP contribution >= 0.6 is 0 Å². The van der Waals surface area contributed by atoms with E-state index < -0.39 is 5.91 Å². The summed E-state index contributed by atoms with van der Waals surface area (Å²) in [5.41, 5.74) is 7.93. The van der Waals surface area contributed by atoms with E-state index in [9.17, 15) is 9.59 Å². The van der Waals surface area contributed by atoms with Crippen molar-refractivity contribution in [3.63, 3.8) is 0 Å². The van der Waals surface area contributed by atoms with E-state index in [1.165, 1.54) is 4.40 Å². The topological polar surface area (TPSA) is 82.4 Å². The van der Waals surface area contributed by atoms with Gasteiger partial charge in [0.25, 0.3) is 5.56 Å². The third kappa shape index (κ3) is 1.61. The van der Waals surface area contributed by atoms with Crippen LogP contribution in [0.2, 0.25) is 0 Å². The van der Waals surface area contributed by atoms with Crippen molar-refractivity contribution in [2.45, 2.75) is 20.4 Å². The minimum absolute atomic E-state index is 0.00798. The zero-order valence-corrected chi connectivity index (χ0v) is 11.3. The van der Waals surface area contributed by atoms with Crippen molar-refractivity contribution in [1.82, 2.24) is 14.0 Å². The maximum atomic E-state index is 12.5. The Labute approximate surface area is 114 Å². The maximum absolute atomic E-state index is 12.5. The molecule has 102 valence electrons. The summed E-state index contributed by atoms with van der Waals surface area (Å²) >= 11 is 0. The average Bonchev–Trinajstić information content (AvgIpc) is 2.70. The number of fused-ring (bicyclic) bond motifs is 3. The van der Waals surface area contributed by atoms with Gasteiger partial charge in [-0.3, -0.25) is 9.59 Å². The van der Waals surface area contributed by atoms with Crippen LogP contribution in [-0.4, -0.2) is 19.9 Å². The number of carbonyl (C=O) groups is 1. The number of benzene rings is 1. The molecule has 1 aromatic carbocycles. The van der Waals surface area contributed by atoms with E-state index in [4.69, 9.17) is 5.73 Å². The zero-order chi connectivity index (χ0) is 14.4. The van der Waals surface area contributed by atoms with E-state index in [-0.39, 0.29) is 12.1 Å². The van der Waals surface area contributed by atoms with Gasteiger partial charge in [0, 0.05) is 11.3 Å². The van der Waals surface area contributed by atoms with Gasteiger partial charge in [-0.05, 0) is 26.0 Å². The number of amides is 1. The molecule has 0 saturated heterocycles. The van der Waals surface area contributed by atoms with Crippen molar-refractivity contribution in [1.29, 1.82) is 0 Å². The zero-order valence-electron chi connectivity index (χ0n) is 11.3. The molecule has 3 aromatic rings. The Kier molecular flexibility index (Phi) is 2.60. The van der Waals surface area contributed by atoms with Gasteiger partial charge in [0.05, 0.1) is 11.0 Å². The predicted molar refractivity (Wildman–Crippen MR) is 75.6 cm³/mol. The van der Waals surface area contributed by atoms with Crippen LogP contribution in [0.15, 0.2) is 29.1 Å². The first-order valence-corrected chi connectivity index (χ1v) is 6.26. The van der Waals surface area contributed by atoms with Crippen LogP contribution in [0.1, 0.15) is 11.3 Å². The number of primary amides is 1. The van der Waals surface area contributed by atoms with Gasteiger partial charge in [-0.1, -0.05) is 12.1 Å². The van der Waals surface area contributed by atoms with E-state index in [2.05, 4.69) is 4.98 Å². The molecule has 0 aliphatic carbocycles. The number of aromatic nitrogens is 3. The normalized spacial score (nSPS) is 11.3. The van der Waals surface area contributed by atoms with E-state index in [0.29, 0.717) is 17.0 Å². The first kappa shape index (κ1) is 12.4. The number of hydrogen-bond acceptors (Lipinski definition) is 3. The second-order valence-electron chi connectivity index (χ2n) is 4.80. The molecule has 2 N–H and O–H groups in total. The third-order valence-electron chi connectivity index (χ3n) is 3.50. The molecule has 20 heavy (non-hydrogen) atoms. The average molecular weight is 270 g/mol. The SMILES string of the molecule is Cc1nc2n(CC(N)=O)c3ccccc3n2c(=O)c1C. The lowest BCUT2D eigenvalue weighted by Crippen LogP contribution is -2.22. The first-order valence-electron chi connectivity index (χ1n) is 6.26. The molecular formula is C14H14N4O2. The first-order chi connectivity index (χ1) is 9.50. The summed E-state index contributed by atoms with van der Waals surface area (Å²) in [4.78, 5) is 28.2. The predicted octanol–water partition coefficient (Wildman–Crippen LogP) is 0.751. The Hall–Kier alpha value is -2.63. The number of imidazole rings is 1. The molecule has 0 radical (unpaired) electrons. The van der Waals surface area contributed by atoms with Crippen molar-refractivity contribution >= 4 is 22.7 Å². The van der Waals surface area contributed by atoms with Crippen molar-refractivity contribution in [2.75, 3.05) is 0 Å². The minimum Gasteiger partial charge on any atom is -0.368 e. The number of aryl methyl sites for hydroxylation is 1. The van der Waals surface area contributed by atoms with Crippen LogP contribution in [0.4, 0.5) is 0 Å². The number of carbonyl (C=O) groups excluding carboxylic acids is 1. The number of hydrogen-bond donors (Lipinski definition) is 1. The number of rotatable bonds is 2. The summed E-state index contributed by atoms with van der Waals surface area (Å²) in [5, 5.41) is 0. The van der Waals surface area contributed by atoms with Crippen molar-refractivity contribution in [3.05, 3.63) is 45.9 Å². The second kappa shape index (κ2) is 4.19. The van der Waals surface area contributed by atoms with Crippen LogP contribution < -0.4 is 11.3 Å². The lowest BCUT2D eigenvalue weighted by molar-refractivity contribution is -0.118. The molecule has 6 heteroatoms. The molecule has 0 aliphatic rings. The fourth-order valence-electron chi connectivity index (χ4n) is 2.40. The smallest absolute Gasteiger partial charge is 0.262 e. The summed E-state index contributed by atoms with van der Waals surface area (Å²) in [5.74, 6) is -0.0289. The van der Waals surface area contributed by atoms with E-state index in [1.54, 1.807) is 18.4 Å². The molecule has 6 nitrogen and oxygen atoms in total. The van der Waals surface area contributed by atoms with Crippen LogP contribution in [0.5, 0.6) is 0 Å². The molecule has 2 aromatic heterocycles. The molecule has 2 heterocycles. The molecular weight excluding hydrogens is 256 g/mol. The van der Waals surface area contributed by atoms with Crippen LogP contribution in [0.25, 0.3) is 16.8 Å². The quantitative estimate of drug-likeness (QED) is 0.746. The van der Waals surface area contributed by atoms with E-state index in [1.807, 2.05) is 24.3 Å². The van der Waals surface area contributed by atoms with Gasteiger partial charge in [-0.2, -0.15) is 0 Å². The molecule has 1 amide bonds. The maximum Gasteiger partial charge on any atom is 0.262 e. The van der Waals surface area contributed by atoms with Gasteiger partial charge >= 0.3 is 0 Å². The van der Waals surface area contributed by atoms with Crippen molar-refractivity contribution in [2.24, 2.45) is 5.73 Å². The highest BCUT2D eigenvalue weighted by atomic mass is 16.1. The molecule has 0 unspecified atom stereocenters. The highest BCUT2D eigenvalue weighted by molar-refractivity contribution is 5.84. The lowest BCUT2D eigenvalue weighted by Gasteiger charge is -2.04. The molecule has 0 atom stereocenters. The molecule has 0 bridgehead atoms. The molecule has 0 spiro atoms. The molecule has 0 aliphatic heterocycles. The van der Waals surface area contributed by atoms with Gasteiger partial charge in [0.1, 0.15) is 6.54 Å². The molecule has 0 fully saturated rings. The van der Waals surface area contributed by atoms with Gasteiger partial charge in [-0.25, -0.2) is 9.38 Å². The number of para-hydroxylation sites is 2. The Balaban J connectivity index is 2.58. The van der Waals surface area contributed by atoms with Crippen molar-refractivity contribution in [3.8, 4) is 0 Å². The summed E-state index contributed by atoms with van der Waals surface area (Å²) in [6.45, 7) is 3.52. The lowest BCUT2D eigenvalue weighted by atomic mass is 10.2. The van der Waals surface area contributed by atoms with Gasteiger partial charge in [-0.15, -0.1) is 0 Å². The van der Waals surface area contributed by atoms with Gasteiger partial charge < -0.3 is 10.3 Å². The summed E-state index contributed by atoms with van der Waals surface area (Å²) < 4.78 is 3.20. The minimum atomic E-state index is -0.472.